The summed E-state index contributed by atoms with van der Waals surface area (Å²) >= 11 is 0. The lowest BCUT2D eigenvalue weighted by Gasteiger charge is -2.09. The molecule has 0 amide bonds. The Balaban J connectivity index is 2.60. The van der Waals surface area contributed by atoms with Crippen LogP contribution in [0.25, 0.3) is 0 Å². The number of fused-ring (bicyclic) bond motifs is 1. The molecule has 0 nitrogen and oxygen atoms in total. The summed E-state index contributed by atoms with van der Waals surface area (Å²) in [5.74, 6) is 0. The van der Waals surface area contributed by atoms with Crippen LogP contribution in [0, 0.1) is 0 Å². The molecule has 2 rings (SSSR count). The van der Waals surface area contributed by atoms with Crippen molar-refractivity contribution in [3.63, 3.8) is 0 Å². The highest BCUT2D eigenvalue weighted by molar-refractivity contribution is 5.46. The Morgan fingerprint density at radius 3 is 2.71 bits per heavy atom. The second-order valence-corrected chi connectivity index (χ2v) is 1.96. The third-order valence-corrected chi connectivity index (χ3v) is 1.54. The van der Waals surface area contributed by atoms with E-state index in [1.54, 1.807) is 0 Å². The third-order valence-electron chi connectivity index (χ3n) is 1.54. The molecular weight excluding hydrogens is 84.1 g/mol. The molecular formula is C7H6. The van der Waals surface area contributed by atoms with E-state index in [0.717, 1.165) is 6.42 Å². The summed E-state index contributed by atoms with van der Waals surface area (Å²) < 4.78 is 0. The van der Waals surface area contributed by atoms with Crippen molar-refractivity contribution < 1.29 is 0 Å². The van der Waals surface area contributed by atoms with Crippen molar-refractivity contribution in [1.82, 2.24) is 0 Å². The van der Waals surface area contributed by atoms with Crippen LogP contribution in [0.3, 0.4) is 0 Å². The topological polar surface area (TPSA) is 0 Å². The van der Waals surface area contributed by atoms with Gasteiger partial charge in [0.25, 0.3) is 0 Å². The smallest absolute Gasteiger partial charge is 0.000664 e. The van der Waals surface area contributed by atoms with E-state index in [1.807, 2.05) is 0 Å². The standard InChI is InChI=1S/C7H6/c1-2-6-4-5-7(6)3-1/h1,4H,2,5H2. The van der Waals surface area contributed by atoms with E-state index < -0.39 is 0 Å². The zero-order valence-corrected chi connectivity index (χ0v) is 4.07. The fourth-order valence-corrected chi connectivity index (χ4v) is 0.991. The zero-order valence-electron chi connectivity index (χ0n) is 4.07. The molecule has 0 aliphatic heterocycles. The highest BCUT2D eigenvalue weighted by Crippen LogP contribution is 2.31. The minimum absolute atomic E-state index is 1.15. The predicted octanol–water partition coefficient (Wildman–Crippen LogP) is 1.80. The molecule has 0 fully saturated rings. The summed E-state index contributed by atoms with van der Waals surface area (Å²) in [5, 5.41) is 0. The first-order chi connectivity index (χ1) is 3.47. The van der Waals surface area contributed by atoms with Gasteiger partial charge in [-0.05, 0) is 24.5 Å². The van der Waals surface area contributed by atoms with E-state index in [4.69, 9.17) is 0 Å². The lowest BCUT2D eigenvalue weighted by atomic mass is 9.94. The van der Waals surface area contributed by atoms with Crippen LogP contribution in [-0.4, -0.2) is 0 Å². The Bertz CT molecular complexity index is 188. The van der Waals surface area contributed by atoms with E-state index in [9.17, 15) is 0 Å². The SMILES string of the molecule is C1=CCC2=CCC=12. The highest BCUT2D eigenvalue weighted by Gasteiger charge is 2.13. The van der Waals surface area contributed by atoms with Crippen LogP contribution in [-0.2, 0) is 0 Å². The molecule has 0 spiro atoms. The Kier molecular flexibility index (Phi) is 0.426. The minimum Gasteiger partial charge on any atom is -0.121 e. The van der Waals surface area contributed by atoms with Gasteiger partial charge < -0.3 is 0 Å². The van der Waals surface area contributed by atoms with Gasteiger partial charge in [-0.25, -0.2) is 0 Å². The van der Waals surface area contributed by atoms with E-state index in [0.29, 0.717) is 0 Å². The van der Waals surface area contributed by atoms with E-state index >= 15 is 0 Å². The molecule has 0 saturated heterocycles. The third kappa shape index (κ3) is 0.275. The average molecular weight is 90.1 g/mol. The van der Waals surface area contributed by atoms with Gasteiger partial charge in [0.05, 0.1) is 0 Å². The van der Waals surface area contributed by atoms with Gasteiger partial charge in [0.2, 0.25) is 0 Å². The average Bonchev–Trinajstić information content (AvgIpc) is 1.85. The summed E-state index contributed by atoms with van der Waals surface area (Å²) in [7, 11) is 0. The summed E-state index contributed by atoms with van der Waals surface area (Å²) in [6.07, 6.45) is 6.70. The first-order valence-corrected chi connectivity index (χ1v) is 2.60. The van der Waals surface area contributed by atoms with Crippen LogP contribution >= 0.6 is 0 Å². The Labute approximate surface area is 42.8 Å². The molecule has 0 saturated carbocycles. The molecule has 0 atom stereocenters. The molecule has 0 unspecified atom stereocenters. The quantitative estimate of drug-likeness (QED) is 0.398. The van der Waals surface area contributed by atoms with Crippen molar-refractivity contribution in [2.24, 2.45) is 0 Å². The van der Waals surface area contributed by atoms with E-state index in [2.05, 4.69) is 17.9 Å². The molecule has 2 aliphatic rings. The molecule has 2 aliphatic carbocycles. The molecule has 0 aromatic carbocycles. The van der Waals surface area contributed by atoms with Crippen LogP contribution in [0.1, 0.15) is 12.8 Å². The Hall–Kier alpha value is -0.740. The number of hydrogen-bond acceptors (Lipinski definition) is 0. The van der Waals surface area contributed by atoms with E-state index in [-0.39, 0.29) is 0 Å². The van der Waals surface area contributed by atoms with Crippen molar-refractivity contribution >= 4 is 0 Å². The summed E-state index contributed by atoms with van der Waals surface area (Å²) in [4.78, 5) is 0. The van der Waals surface area contributed by atoms with Crippen LogP contribution in [0.2, 0.25) is 0 Å². The van der Waals surface area contributed by atoms with Crippen LogP contribution in [0.4, 0.5) is 0 Å². The summed E-state index contributed by atoms with van der Waals surface area (Å²) in [5.41, 5.74) is 6.14. The maximum atomic E-state index is 3.18. The fraction of sp³-hybridized carbons (Fsp3) is 0.286. The Morgan fingerprint density at radius 2 is 2.43 bits per heavy atom. The number of rotatable bonds is 0. The molecule has 0 aromatic heterocycles. The fourth-order valence-electron chi connectivity index (χ4n) is 0.991. The van der Waals surface area contributed by atoms with Gasteiger partial charge in [0.1, 0.15) is 0 Å². The summed E-state index contributed by atoms with van der Waals surface area (Å²) in [6.45, 7) is 0. The molecule has 0 heteroatoms. The molecule has 0 aromatic rings. The normalized spacial score (nSPS) is 22.9. The van der Waals surface area contributed by atoms with Gasteiger partial charge in [0, 0.05) is 5.57 Å². The maximum Gasteiger partial charge on any atom is 0.000664 e. The monoisotopic (exact) mass is 90.0 g/mol. The largest absolute Gasteiger partial charge is 0.121 e. The van der Waals surface area contributed by atoms with Crippen molar-refractivity contribution in [3.8, 4) is 0 Å². The number of hydrogen-bond donors (Lipinski definition) is 0. The van der Waals surface area contributed by atoms with Crippen LogP contribution in [0.5, 0.6) is 0 Å². The van der Waals surface area contributed by atoms with Crippen molar-refractivity contribution in [1.29, 1.82) is 0 Å². The molecule has 7 heavy (non-hydrogen) atoms. The first-order valence-electron chi connectivity index (χ1n) is 2.60. The van der Waals surface area contributed by atoms with Crippen LogP contribution < -0.4 is 0 Å². The summed E-state index contributed by atoms with van der Waals surface area (Å²) in [6, 6.07) is 0. The van der Waals surface area contributed by atoms with E-state index in [1.165, 1.54) is 17.6 Å². The molecule has 0 radical (unpaired) electrons. The number of allylic oxidation sites excluding steroid dienone is 3. The molecule has 0 heterocycles. The van der Waals surface area contributed by atoms with Crippen molar-refractivity contribution in [3.05, 3.63) is 29.0 Å². The minimum atomic E-state index is 1.15. The maximum absolute atomic E-state index is 3.18. The van der Waals surface area contributed by atoms with Gasteiger partial charge in [-0.3, -0.25) is 0 Å². The van der Waals surface area contributed by atoms with Crippen LogP contribution in [0.15, 0.2) is 29.0 Å². The van der Waals surface area contributed by atoms with Gasteiger partial charge >= 0.3 is 0 Å². The highest BCUT2D eigenvalue weighted by atomic mass is 14.2. The van der Waals surface area contributed by atoms with Gasteiger partial charge in [-0.1, -0.05) is 6.08 Å². The second-order valence-electron chi connectivity index (χ2n) is 1.96. The molecule has 0 bridgehead atoms. The second kappa shape index (κ2) is 0.907. The molecule has 0 N–H and O–H groups in total. The van der Waals surface area contributed by atoms with Gasteiger partial charge in [0.15, 0.2) is 0 Å². The lowest BCUT2D eigenvalue weighted by Crippen LogP contribution is -1.92. The van der Waals surface area contributed by atoms with Gasteiger partial charge in [-0.2, -0.15) is 0 Å². The van der Waals surface area contributed by atoms with Gasteiger partial charge in [-0.15, -0.1) is 5.73 Å². The zero-order chi connectivity index (χ0) is 4.69. The first kappa shape index (κ1) is 3.29. The predicted molar refractivity (Wildman–Crippen MR) is 28.9 cm³/mol. The Morgan fingerprint density at radius 1 is 1.43 bits per heavy atom. The molecule has 34 valence electrons. The van der Waals surface area contributed by atoms with Crippen molar-refractivity contribution in [2.45, 2.75) is 12.8 Å². The lowest BCUT2D eigenvalue weighted by molar-refractivity contribution is 1.07. The van der Waals surface area contributed by atoms with Crippen molar-refractivity contribution in [2.75, 3.05) is 0 Å².